The molecule has 0 aromatic heterocycles. The monoisotopic (exact) mass is 258 g/mol. The van der Waals surface area contributed by atoms with Crippen LogP contribution in [0.1, 0.15) is 56.0 Å². The van der Waals surface area contributed by atoms with Crippen molar-refractivity contribution in [2.45, 2.75) is 40.0 Å². The van der Waals surface area contributed by atoms with Gasteiger partial charge in [-0.15, -0.1) is 0 Å². The van der Waals surface area contributed by atoms with E-state index in [9.17, 15) is 4.79 Å². The minimum atomic E-state index is -0.263. The van der Waals surface area contributed by atoms with Crippen molar-refractivity contribution in [3.63, 3.8) is 0 Å². The Bertz CT molecular complexity index is 464. The van der Waals surface area contributed by atoms with Crippen LogP contribution in [0, 0.1) is 17.8 Å². The first-order valence-corrected chi connectivity index (χ1v) is 6.89. The maximum atomic E-state index is 11.8. The molecule has 1 rings (SSSR count). The highest BCUT2D eigenvalue weighted by Gasteiger charge is 2.06. The first-order valence-electron chi connectivity index (χ1n) is 6.89. The summed E-state index contributed by atoms with van der Waals surface area (Å²) in [5.74, 6) is 6.50. The molecule has 0 bridgehead atoms. The van der Waals surface area contributed by atoms with Crippen molar-refractivity contribution in [2.75, 3.05) is 6.61 Å². The third-order valence-electron chi connectivity index (χ3n) is 2.57. The number of hydrogen-bond acceptors (Lipinski definition) is 2. The zero-order chi connectivity index (χ0) is 14.1. The molecule has 0 aliphatic heterocycles. The Hall–Kier alpha value is -1.75. The zero-order valence-corrected chi connectivity index (χ0v) is 12.0. The van der Waals surface area contributed by atoms with Gasteiger partial charge in [-0.25, -0.2) is 4.79 Å². The van der Waals surface area contributed by atoms with Gasteiger partial charge in [-0.3, -0.25) is 0 Å². The van der Waals surface area contributed by atoms with E-state index in [1.54, 1.807) is 12.1 Å². The van der Waals surface area contributed by atoms with E-state index in [4.69, 9.17) is 4.74 Å². The topological polar surface area (TPSA) is 26.3 Å². The average molecular weight is 258 g/mol. The van der Waals surface area contributed by atoms with Gasteiger partial charge in [-0.1, -0.05) is 45.1 Å². The Morgan fingerprint density at radius 3 is 2.84 bits per heavy atom. The summed E-state index contributed by atoms with van der Waals surface area (Å²) in [7, 11) is 0. The number of carbonyl (C=O) groups excluding carboxylic acids is 1. The van der Waals surface area contributed by atoms with E-state index in [1.807, 2.05) is 12.1 Å². The van der Waals surface area contributed by atoms with Crippen molar-refractivity contribution in [1.29, 1.82) is 0 Å². The SMILES string of the molecule is CCCCOC(=O)c1cccc(C#CCC(C)C)c1. The van der Waals surface area contributed by atoms with Gasteiger partial charge in [-0.05, 0) is 30.5 Å². The molecule has 1 aromatic carbocycles. The van der Waals surface area contributed by atoms with Gasteiger partial charge < -0.3 is 4.74 Å². The Balaban J connectivity index is 2.65. The molecule has 2 nitrogen and oxygen atoms in total. The molecular formula is C17H22O2. The standard InChI is InChI=1S/C17H22O2/c1-4-5-12-19-17(18)16-11-7-10-15(13-16)9-6-8-14(2)3/h7,10-11,13-14H,4-5,8,12H2,1-3H3. The second-order valence-corrected chi connectivity index (χ2v) is 4.97. The predicted octanol–water partition coefficient (Wildman–Crippen LogP) is 4.04. The average Bonchev–Trinajstić information content (AvgIpc) is 2.39. The summed E-state index contributed by atoms with van der Waals surface area (Å²) < 4.78 is 5.18. The van der Waals surface area contributed by atoms with Crippen LogP contribution in [0.25, 0.3) is 0 Å². The van der Waals surface area contributed by atoms with Gasteiger partial charge in [0.2, 0.25) is 0 Å². The van der Waals surface area contributed by atoms with Gasteiger partial charge in [0.15, 0.2) is 0 Å². The smallest absolute Gasteiger partial charge is 0.338 e. The van der Waals surface area contributed by atoms with E-state index in [-0.39, 0.29) is 5.97 Å². The molecule has 0 amide bonds. The van der Waals surface area contributed by atoms with Gasteiger partial charge in [0.25, 0.3) is 0 Å². The van der Waals surface area contributed by atoms with E-state index >= 15 is 0 Å². The van der Waals surface area contributed by atoms with Gasteiger partial charge in [0.1, 0.15) is 0 Å². The molecule has 0 spiro atoms. The van der Waals surface area contributed by atoms with Crippen molar-refractivity contribution < 1.29 is 9.53 Å². The van der Waals surface area contributed by atoms with Crippen LogP contribution < -0.4 is 0 Å². The number of unbranched alkanes of at least 4 members (excludes halogenated alkanes) is 1. The first-order chi connectivity index (χ1) is 9.13. The number of rotatable bonds is 5. The Kier molecular flexibility index (Phi) is 6.74. The number of carbonyl (C=O) groups is 1. The minimum absolute atomic E-state index is 0.263. The second-order valence-electron chi connectivity index (χ2n) is 4.97. The van der Waals surface area contributed by atoms with E-state index in [0.717, 1.165) is 24.8 Å². The molecule has 0 saturated heterocycles. The Morgan fingerprint density at radius 1 is 1.37 bits per heavy atom. The molecule has 0 N–H and O–H groups in total. The largest absolute Gasteiger partial charge is 0.462 e. The first kappa shape index (κ1) is 15.3. The van der Waals surface area contributed by atoms with Crippen molar-refractivity contribution in [3.05, 3.63) is 35.4 Å². The lowest BCUT2D eigenvalue weighted by molar-refractivity contribution is 0.0499. The van der Waals surface area contributed by atoms with E-state index in [1.165, 1.54) is 0 Å². The van der Waals surface area contributed by atoms with Crippen LogP contribution >= 0.6 is 0 Å². The highest BCUT2D eigenvalue weighted by atomic mass is 16.5. The summed E-state index contributed by atoms with van der Waals surface area (Å²) in [6, 6.07) is 7.31. The molecule has 2 heteroatoms. The molecular weight excluding hydrogens is 236 g/mol. The van der Waals surface area contributed by atoms with Crippen LogP contribution in [0.2, 0.25) is 0 Å². The molecule has 0 radical (unpaired) electrons. The molecule has 19 heavy (non-hydrogen) atoms. The van der Waals surface area contributed by atoms with Gasteiger partial charge in [0, 0.05) is 12.0 Å². The lowest BCUT2D eigenvalue weighted by atomic mass is 10.1. The van der Waals surface area contributed by atoms with Crippen LogP contribution in [-0.4, -0.2) is 12.6 Å². The summed E-state index contributed by atoms with van der Waals surface area (Å²) in [6.45, 7) is 6.82. The van der Waals surface area contributed by atoms with E-state index < -0.39 is 0 Å². The molecule has 0 unspecified atom stereocenters. The molecule has 102 valence electrons. The normalized spacial score (nSPS) is 9.89. The zero-order valence-electron chi connectivity index (χ0n) is 12.0. The Morgan fingerprint density at radius 2 is 2.16 bits per heavy atom. The van der Waals surface area contributed by atoms with Gasteiger partial charge in [-0.2, -0.15) is 0 Å². The molecule has 0 aliphatic carbocycles. The van der Waals surface area contributed by atoms with Crippen molar-refractivity contribution >= 4 is 5.97 Å². The van der Waals surface area contributed by atoms with E-state index in [2.05, 4.69) is 32.6 Å². The van der Waals surface area contributed by atoms with Gasteiger partial charge >= 0.3 is 5.97 Å². The van der Waals surface area contributed by atoms with Crippen LogP contribution in [0.5, 0.6) is 0 Å². The van der Waals surface area contributed by atoms with Crippen molar-refractivity contribution in [3.8, 4) is 11.8 Å². The minimum Gasteiger partial charge on any atom is -0.462 e. The fraction of sp³-hybridized carbons (Fsp3) is 0.471. The lowest BCUT2D eigenvalue weighted by Crippen LogP contribution is -2.06. The molecule has 0 aliphatic rings. The maximum absolute atomic E-state index is 11.8. The van der Waals surface area contributed by atoms with Gasteiger partial charge in [0.05, 0.1) is 12.2 Å². The molecule has 0 saturated carbocycles. The fourth-order valence-electron chi connectivity index (χ4n) is 1.47. The fourth-order valence-corrected chi connectivity index (χ4v) is 1.47. The van der Waals surface area contributed by atoms with E-state index in [0.29, 0.717) is 18.1 Å². The number of benzene rings is 1. The van der Waals surface area contributed by atoms with Crippen LogP contribution in [0.15, 0.2) is 24.3 Å². The second kappa shape index (κ2) is 8.37. The quantitative estimate of drug-likeness (QED) is 0.452. The van der Waals surface area contributed by atoms with Crippen molar-refractivity contribution in [1.82, 2.24) is 0 Å². The molecule has 1 aromatic rings. The number of hydrogen-bond donors (Lipinski definition) is 0. The Labute approximate surface area is 116 Å². The molecule has 0 fully saturated rings. The third-order valence-corrected chi connectivity index (χ3v) is 2.57. The third kappa shape index (κ3) is 6.10. The molecule has 0 heterocycles. The summed E-state index contributed by atoms with van der Waals surface area (Å²) in [5, 5.41) is 0. The summed E-state index contributed by atoms with van der Waals surface area (Å²) >= 11 is 0. The summed E-state index contributed by atoms with van der Waals surface area (Å²) in [5.41, 5.74) is 1.44. The molecule has 0 atom stereocenters. The maximum Gasteiger partial charge on any atom is 0.338 e. The van der Waals surface area contributed by atoms with Crippen molar-refractivity contribution in [2.24, 2.45) is 5.92 Å². The van der Waals surface area contributed by atoms with Crippen LogP contribution in [0.4, 0.5) is 0 Å². The highest BCUT2D eigenvalue weighted by molar-refractivity contribution is 5.89. The predicted molar refractivity (Wildman–Crippen MR) is 78.0 cm³/mol. The number of ether oxygens (including phenoxy) is 1. The van der Waals surface area contributed by atoms with Crippen LogP contribution in [0.3, 0.4) is 0 Å². The lowest BCUT2D eigenvalue weighted by Gasteiger charge is -2.03. The van der Waals surface area contributed by atoms with Crippen LogP contribution in [-0.2, 0) is 4.74 Å². The summed E-state index contributed by atoms with van der Waals surface area (Å²) in [6.07, 6.45) is 2.79. The highest BCUT2D eigenvalue weighted by Crippen LogP contribution is 2.07. The summed E-state index contributed by atoms with van der Waals surface area (Å²) in [4.78, 5) is 11.8. The number of esters is 1.